The summed E-state index contributed by atoms with van der Waals surface area (Å²) >= 11 is 1.55. The molecule has 1 aliphatic carbocycles. The molecule has 132 valence electrons. The van der Waals surface area contributed by atoms with Crippen molar-refractivity contribution < 1.29 is 4.79 Å². The van der Waals surface area contributed by atoms with Crippen LogP contribution in [0, 0.1) is 13.8 Å². The summed E-state index contributed by atoms with van der Waals surface area (Å²) in [5.74, 6) is -0.0270. The van der Waals surface area contributed by atoms with E-state index in [2.05, 4.69) is 54.7 Å². The lowest BCUT2D eigenvalue weighted by Crippen LogP contribution is -2.14. The zero-order chi connectivity index (χ0) is 18.5. The van der Waals surface area contributed by atoms with Gasteiger partial charge in [0.25, 0.3) is 0 Å². The lowest BCUT2D eigenvalue weighted by molar-refractivity contribution is -0.115. The molecule has 3 nitrogen and oxygen atoms in total. The Balaban J connectivity index is 1.43. The molecule has 0 bridgehead atoms. The Morgan fingerprint density at radius 2 is 1.81 bits per heavy atom. The highest BCUT2D eigenvalue weighted by atomic mass is 32.1. The molecule has 1 aliphatic rings. The average Bonchev–Trinajstić information content (AvgIpc) is 3.18. The van der Waals surface area contributed by atoms with E-state index in [-0.39, 0.29) is 5.91 Å². The van der Waals surface area contributed by atoms with Crippen molar-refractivity contribution in [1.82, 2.24) is 4.98 Å². The molecule has 1 heterocycles. The maximum Gasteiger partial charge on any atom is 0.230 e. The molecule has 0 spiro atoms. The Labute approximate surface area is 161 Å². The molecule has 0 unspecified atom stereocenters. The number of nitrogens with one attached hydrogen (secondary N) is 1. The van der Waals surface area contributed by atoms with Crippen LogP contribution in [-0.4, -0.2) is 10.9 Å². The van der Waals surface area contributed by atoms with Gasteiger partial charge in [-0.3, -0.25) is 4.79 Å². The zero-order valence-electron chi connectivity index (χ0n) is 15.2. The number of carbonyl (C=O) groups is 1. The third-order valence-electron chi connectivity index (χ3n) is 5.13. The molecular formula is C23H18N2OS. The van der Waals surface area contributed by atoms with Gasteiger partial charge in [0.2, 0.25) is 5.91 Å². The Kier molecular flexibility index (Phi) is 3.62. The van der Waals surface area contributed by atoms with Crippen LogP contribution in [-0.2, 0) is 11.2 Å². The van der Waals surface area contributed by atoms with Gasteiger partial charge in [-0.25, -0.2) is 4.98 Å². The van der Waals surface area contributed by atoms with E-state index in [1.54, 1.807) is 11.3 Å². The predicted molar refractivity (Wildman–Crippen MR) is 112 cm³/mol. The summed E-state index contributed by atoms with van der Waals surface area (Å²) in [4.78, 5) is 18.4. The number of thiazole rings is 1. The van der Waals surface area contributed by atoms with E-state index in [0.29, 0.717) is 11.6 Å². The minimum absolute atomic E-state index is 0.0270. The second-order valence-electron chi connectivity index (χ2n) is 7.06. The summed E-state index contributed by atoms with van der Waals surface area (Å²) in [7, 11) is 0. The van der Waals surface area contributed by atoms with Crippen LogP contribution in [0.15, 0.2) is 54.6 Å². The summed E-state index contributed by atoms with van der Waals surface area (Å²) in [6.45, 7) is 4.11. The number of aryl methyl sites for hydroxylation is 2. The second kappa shape index (κ2) is 6.03. The molecule has 1 aromatic heterocycles. The third-order valence-corrected chi connectivity index (χ3v) is 6.13. The van der Waals surface area contributed by atoms with E-state index in [9.17, 15) is 4.79 Å². The molecule has 5 rings (SSSR count). The zero-order valence-corrected chi connectivity index (χ0v) is 16.0. The van der Waals surface area contributed by atoms with Crippen LogP contribution in [0.3, 0.4) is 0 Å². The fraction of sp³-hybridized carbons (Fsp3) is 0.130. The first-order valence-electron chi connectivity index (χ1n) is 8.99. The first-order chi connectivity index (χ1) is 13.1. The molecule has 0 saturated heterocycles. The van der Waals surface area contributed by atoms with Crippen LogP contribution in [0.2, 0.25) is 0 Å². The van der Waals surface area contributed by atoms with E-state index in [0.717, 1.165) is 27.3 Å². The van der Waals surface area contributed by atoms with Gasteiger partial charge in [0, 0.05) is 11.1 Å². The van der Waals surface area contributed by atoms with Crippen LogP contribution < -0.4 is 5.32 Å². The third kappa shape index (κ3) is 2.64. The molecule has 0 aliphatic heterocycles. The van der Waals surface area contributed by atoms with Crippen molar-refractivity contribution in [1.29, 1.82) is 0 Å². The van der Waals surface area contributed by atoms with Gasteiger partial charge >= 0.3 is 0 Å². The van der Waals surface area contributed by atoms with E-state index in [1.165, 1.54) is 21.9 Å². The lowest BCUT2D eigenvalue weighted by Gasteiger charge is -2.07. The van der Waals surface area contributed by atoms with Crippen LogP contribution in [0.1, 0.15) is 16.7 Å². The van der Waals surface area contributed by atoms with Crippen LogP contribution in [0.5, 0.6) is 0 Å². The average molecular weight is 370 g/mol. The first-order valence-corrected chi connectivity index (χ1v) is 9.81. The van der Waals surface area contributed by atoms with Crippen molar-refractivity contribution in [3.8, 4) is 21.7 Å². The SMILES string of the molecule is Cc1ccc(CC(=O)Nc2nc3c(s2)-c2cccc4cccc-3c24)c(C)c1. The monoisotopic (exact) mass is 370 g/mol. The smallest absolute Gasteiger partial charge is 0.230 e. The largest absolute Gasteiger partial charge is 0.302 e. The van der Waals surface area contributed by atoms with E-state index in [4.69, 9.17) is 4.98 Å². The van der Waals surface area contributed by atoms with Crippen molar-refractivity contribution >= 4 is 33.1 Å². The molecule has 4 heteroatoms. The molecule has 0 saturated carbocycles. The number of nitrogens with zero attached hydrogens (tertiary/aromatic N) is 1. The van der Waals surface area contributed by atoms with Crippen molar-refractivity contribution in [2.45, 2.75) is 20.3 Å². The second-order valence-corrected chi connectivity index (χ2v) is 8.06. The summed E-state index contributed by atoms with van der Waals surface area (Å²) in [6, 6.07) is 18.8. The molecule has 3 aromatic carbocycles. The van der Waals surface area contributed by atoms with Gasteiger partial charge in [-0.15, -0.1) is 0 Å². The predicted octanol–water partition coefficient (Wildman–Crippen LogP) is 5.74. The standard InChI is InChI=1S/C23H18N2OS/c1-13-9-10-16(14(2)11-13)12-19(26)24-23-25-21-17-7-3-5-15-6-4-8-18(20(15)17)22(21)27-23/h3-11H,12H2,1-2H3,(H,24,25,26). The number of rotatable bonds is 3. The Hall–Kier alpha value is -2.98. The Bertz CT molecular complexity index is 1170. The van der Waals surface area contributed by atoms with Gasteiger partial charge in [-0.1, -0.05) is 71.5 Å². The van der Waals surface area contributed by atoms with E-state index >= 15 is 0 Å². The highest BCUT2D eigenvalue weighted by molar-refractivity contribution is 7.20. The number of hydrogen-bond donors (Lipinski definition) is 1. The maximum atomic E-state index is 12.5. The summed E-state index contributed by atoms with van der Waals surface area (Å²) in [5.41, 5.74) is 6.76. The van der Waals surface area contributed by atoms with Gasteiger partial charge in [-0.2, -0.15) is 0 Å². The number of carbonyl (C=O) groups excluding carboxylic acids is 1. The summed E-state index contributed by atoms with van der Waals surface area (Å²) < 4.78 is 0. The van der Waals surface area contributed by atoms with Crippen LogP contribution in [0.25, 0.3) is 32.5 Å². The van der Waals surface area contributed by atoms with Crippen LogP contribution in [0.4, 0.5) is 5.13 Å². The molecule has 0 fully saturated rings. The van der Waals surface area contributed by atoms with Gasteiger partial charge in [0.1, 0.15) is 0 Å². The fourth-order valence-corrected chi connectivity index (χ4v) is 4.87. The molecule has 1 amide bonds. The Morgan fingerprint density at radius 1 is 1.04 bits per heavy atom. The van der Waals surface area contributed by atoms with Crippen LogP contribution >= 0.6 is 11.3 Å². The van der Waals surface area contributed by atoms with Gasteiger partial charge < -0.3 is 5.32 Å². The number of hydrogen-bond acceptors (Lipinski definition) is 3. The van der Waals surface area contributed by atoms with Crippen molar-refractivity contribution in [2.24, 2.45) is 0 Å². The van der Waals surface area contributed by atoms with Crippen molar-refractivity contribution in [3.63, 3.8) is 0 Å². The first kappa shape index (κ1) is 16.2. The van der Waals surface area contributed by atoms with Gasteiger partial charge in [0.15, 0.2) is 5.13 Å². The number of amides is 1. The maximum absolute atomic E-state index is 12.5. The lowest BCUT2D eigenvalue weighted by atomic mass is 10.0. The molecule has 4 aromatic rings. The van der Waals surface area contributed by atoms with Gasteiger partial charge in [0.05, 0.1) is 17.0 Å². The molecular weight excluding hydrogens is 352 g/mol. The molecule has 1 N–H and O–H groups in total. The molecule has 27 heavy (non-hydrogen) atoms. The van der Waals surface area contributed by atoms with Crippen molar-refractivity contribution in [2.75, 3.05) is 5.32 Å². The fourth-order valence-electron chi connectivity index (χ4n) is 3.85. The van der Waals surface area contributed by atoms with Gasteiger partial charge in [-0.05, 0) is 35.7 Å². The summed E-state index contributed by atoms with van der Waals surface area (Å²) in [6.07, 6.45) is 0.364. The topological polar surface area (TPSA) is 42.0 Å². The Morgan fingerprint density at radius 3 is 2.59 bits per heavy atom. The summed E-state index contributed by atoms with van der Waals surface area (Å²) in [5, 5.41) is 6.16. The number of fused-ring (bicyclic) bond motifs is 3. The van der Waals surface area contributed by atoms with E-state index < -0.39 is 0 Å². The number of anilines is 1. The molecule has 0 radical (unpaired) electrons. The van der Waals surface area contributed by atoms with E-state index in [1.807, 2.05) is 19.1 Å². The number of benzene rings is 3. The number of aromatic nitrogens is 1. The van der Waals surface area contributed by atoms with Crippen molar-refractivity contribution in [3.05, 3.63) is 71.3 Å². The minimum atomic E-state index is -0.0270. The minimum Gasteiger partial charge on any atom is -0.302 e. The quantitative estimate of drug-likeness (QED) is 0.440. The highest BCUT2D eigenvalue weighted by Gasteiger charge is 2.25. The highest BCUT2D eigenvalue weighted by Crippen LogP contribution is 2.50. The normalized spacial score (nSPS) is 11.6. The molecule has 0 atom stereocenters.